The Morgan fingerprint density at radius 1 is 1.25 bits per heavy atom. The molecule has 1 rings (SSSR count). The van der Waals surface area contributed by atoms with Crippen molar-refractivity contribution in [3.8, 4) is 0 Å². The molecule has 80 valence electrons. The standard InChI is InChI=1S/C15H14O/c1-2-3-4-5-9-12-15(16)13-14-10-7-6-8-11-14/h3,6-8,10-12H,2,13H2,1H3. The topological polar surface area (TPSA) is 17.1 Å². The smallest absolute Gasteiger partial charge is 0.168 e. The number of carbonyl (C=O) groups is 1. The second kappa shape index (κ2) is 7.29. The highest BCUT2D eigenvalue weighted by atomic mass is 16.1. The Morgan fingerprint density at radius 2 is 2.00 bits per heavy atom. The summed E-state index contributed by atoms with van der Waals surface area (Å²) in [6.07, 6.45) is 4.56. The largest absolute Gasteiger partial charge is 0.294 e. The van der Waals surface area contributed by atoms with Crippen LogP contribution in [0.3, 0.4) is 0 Å². The Balaban J connectivity index is 2.62. The molecule has 0 aliphatic heterocycles. The van der Waals surface area contributed by atoms with Crippen molar-refractivity contribution in [3.63, 3.8) is 0 Å². The quantitative estimate of drug-likeness (QED) is 0.551. The zero-order valence-corrected chi connectivity index (χ0v) is 9.36. The summed E-state index contributed by atoms with van der Waals surface area (Å²) < 4.78 is 0. The molecular weight excluding hydrogens is 196 g/mol. The van der Waals surface area contributed by atoms with Crippen LogP contribution in [-0.2, 0) is 11.2 Å². The highest BCUT2D eigenvalue weighted by Crippen LogP contribution is 2.00. The van der Waals surface area contributed by atoms with Crippen molar-refractivity contribution < 1.29 is 4.79 Å². The van der Waals surface area contributed by atoms with E-state index >= 15 is 0 Å². The average Bonchev–Trinajstić information content (AvgIpc) is 2.30. The molecule has 0 atom stereocenters. The number of allylic oxidation sites excluding steroid dienone is 2. The molecule has 1 aromatic rings. The number of hydrogen-bond acceptors (Lipinski definition) is 1. The van der Waals surface area contributed by atoms with Gasteiger partial charge in [-0.2, -0.15) is 0 Å². The van der Waals surface area contributed by atoms with Crippen LogP contribution in [0.1, 0.15) is 18.9 Å². The lowest BCUT2D eigenvalue weighted by atomic mass is 10.1. The van der Waals surface area contributed by atoms with Gasteiger partial charge >= 0.3 is 0 Å². The molecular formula is C15H14O. The molecule has 1 nitrogen and oxygen atoms in total. The summed E-state index contributed by atoms with van der Waals surface area (Å²) in [5, 5.41) is 0. The Labute approximate surface area is 96.1 Å². The zero-order valence-electron chi connectivity index (χ0n) is 9.36. The Kier molecular flexibility index (Phi) is 5.48. The number of carbonyl (C=O) groups excluding carboxylic acids is 1. The Morgan fingerprint density at radius 3 is 2.69 bits per heavy atom. The fraction of sp³-hybridized carbons (Fsp3) is 0.200. The van der Waals surface area contributed by atoms with E-state index in [1.807, 2.05) is 43.3 Å². The molecule has 0 saturated heterocycles. The van der Waals surface area contributed by atoms with Crippen LogP contribution in [0.2, 0.25) is 0 Å². The lowest BCUT2D eigenvalue weighted by molar-refractivity contribution is -0.114. The molecule has 0 saturated carbocycles. The van der Waals surface area contributed by atoms with E-state index in [0.717, 1.165) is 12.0 Å². The van der Waals surface area contributed by atoms with E-state index in [0.29, 0.717) is 6.42 Å². The summed E-state index contributed by atoms with van der Waals surface area (Å²) >= 11 is 0. The predicted octanol–water partition coefficient (Wildman–Crippen LogP) is 3.23. The van der Waals surface area contributed by atoms with Gasteiger partial charge in [0.2, 0.25) is 0 Å². The minimum Gasteiger partial charge on any atom is -0.294 e. The number of ketones is 1. The van der Waals surface area contributed by atoms with E-state index in [1.165, 1.54) is 6.08 Å². The molecule has 0 N–H and O–H groups in total. The third kappa shape index (κ3) is 5.00. The fourth-order valence-electron chi connectivity index (χ4n) is 1.16. The molecule has 0 spiro atoms. The number of rotatable bonds is 4. The first-order valence-corrected chi connectivity index (χ1v) is 5.30. The molecule has 0 fully saturated rings. The van der Waals surface area contributed by atoms with Crippen molar-refractivity contribution in [2.45, 2.75) is 19.8 Å². The van der Waals surface area contributed by atoms with E-state index in [-0.39, 0.29) is 5.78 Å². The summed E-state index contributed by atoms with van der Waals surface area (Å²) in [7, 11) is 0. The van der Waals surface area contributed by atoms with Crippen molar-refractivity contribution in [2.75, 3.05) is 0 Å². The van der Waals surface area contributed by atoms with Gasteiger partial charge in [0, 0.05) is 12.5 Å². The molecule has 16 heavy (non-hydrogen) atoms. The lowest BCUT2D eigenvalue weighted by Gasteiger charge is -1.94. The molecule has 0 amide bonds. The van der Waals surface area contributed by atoms with Crippen molar-refractivity contribution in [2.24, 2.45) is 0 Å². The molecule has 0 unspecified atom stereocenters. The Hall–Kier alpha value is -2.03. The maximum atomic E-state index is 11.4. The summed E-state index contributed by atoms with van der Waals surface area (Å²) in [6.45, 7) is 2.01. The zero-order chi connectivity index (χ0) is 11.6. The van der Waals surface area contributed by atoms with E-state index in [1.54, 1.807) is 0 Å². The van der Waals surface area contributed by atoms with Gasteiger partial charge in [0.15, 0.2) is 5.78 Å². The van der Waals surface area contributed by atoms with Crippen LogP contribution in [0.5, 0.6) is 0 Å². The molecule has 0 radical (unpaired) electrons. The summed E-state index contributed by atoms with van der Waals surface area (Å²) in [5.74, 6) is 0.0250. The third-order valence-corrected chi connectivity index (χ3v) is 1.90. The van der Waals surface area contributed by atoms with Crippen LogP contribution in [0.4, 0.5) is 0 Å². The summed E-state index contributed by atoms with van der Waals surface area (Å²) in [4.78, 5) is 11.4. The Bertz CT molecular complexity index is 463. The number of hydrogen-bond donors (Lipinski definition) is 0. The van der Waals surface area contributed by atoms with E-state index < -0.39 is 0 Å². The normalized spacial score (nSPS) is 8.31. The average molecular weight is 210 g/mol. The van der Waals surface area contributed by atoms with Gasteiger partial charge in [0.25, 0.3) is 0 Å². The van der Waals surface area contributed by atoms with Gasteiger partial charge in [0.05, 0.1) is 0 Å². The molecule has 0 aliphatic carbocycles. The van der Waals surface area contributed by atoms with E-state index in [9.17, 15) is 4.79 Å². The van der Waals surface area contributed by atoms with E-state index in [2.05, 4.69) is 17.2 Å². The van der Waals surface area contributed by atoms with Gasteiger partial charge in [-0.05, 0) is 23.8 Å². The maximum Gasteiger partial charge on any atom is 0.168 e. The van der Waals surface area contributed by atoms with Gasteiger partial charge in [0.1, 0.15) is 0 Å². The van der Waals surface area contributed by atoms with Crippen molar-refractivity contribution in [3.05, 3.63) is 65.2 Å². The van der Waals surface area contributed by atoms with Gasteiger partial charge in [-0.3, -0.25) is 4.79 Å². The minimum absolute atomic E-state index is 0.0250. The van der Waals surface area contributed by atoms with E-state index in [4.69, 9.17) is 0 Å². The van der Waals surface area contributed by atoms with Crippen LogP contribution in [0.15, 0.2) is 59.7 Å². The first kappa shape index (κ1) is 12.0. The van der Waals surface area contributed by atoms with Crippen LogP contribution >= 0.6 is 0 Å². The maximum absolute atomic E-state index is 11.4. The SMILES string of the molecule is CCC=C=C=C=CC(=O)Cc1ccccc1. The molecule has 0 heterocycles. The second-order valence-electron chi connectivity index (χ2n) is 3.30. The summed E-state index contributed by atoms with van der Waals surface area (Å²) in [6, 6.07) is 9.64. The highest BCUT2D eigenvalue weighted by Gasteiger charge is 1.97. The lowest BCUT2D eigenvalue weighted by Crippen LogP contribution is -1.96. The predicted molar refractivity (Wildman–Crippen MR) is 65.1 cm³/mol. The fourth-order valence-corrected chi connectivity index (χ4v) is 1.16. The van der Waals surface area contributed by atoms with Gasteiger partial charge in [-0.15, -0.1) is 0 Å². The van der Waals surface area contributed by atoms with Gasteiger partial charge in [-0.1, -0.05) is 48.7 Å². The number of benzene rings is 1. The highest BCUT2D eigenvalue weighted by molar-refractivity contribution is 5.91. The first-order valence-electron chi connectivity index (χ1n) is 5.30. The first-order chi connectivity index (χ1) is 7.83. The second-order valence-corrected chi connectivity index (χ2v) is 3.30. The van der Waals surface area contributed by atoms with Crippen LogP contribution in [0, 0.1) is 0 Å². The van der Waals surface area contributed by atoms with Gasteiger partial charge < -0.3 is 0 Å². The molecule has 0 bridgehead atoms. The van der Waals surface area contributed by atoms with Crippen LogP contribution < -0.4 is 0 Å². The van der Waals surface area contributed by atoms with Crippen molar-refractivity contribution >= 4 is 5.78 Å². The minimum atomic E-state index is 0.0250. The van der Waals surface area contributed by atoms with Gasteiger partial charge in [-0.25, -0.2) is 0 Å². The molecule has 0 aromatic heterocycles. The third-order valence-electron chi connectivity index (χ3n) is 1.90. The van der Waals surface area contributed by atoms with Crippen LogP contribution in [-0.4, -0.2) is 5.78 Å². The molecule has 1 heteroatoms. The van der Waals surface area contributed by atoms with Crippen LogP contribution in [0.25, 0.3) is 0 Å². The summed E-state index contributed by atoms with van der Waals surface area (Å²) in [5.41, 5.74) is 9.14. The van der Waals surface area contributed by atoms with Crippen molar-refractivity contribution in [1.29, 1.82) is 0 Å². The van der Waals surface area contributed by atoms with Crippen molar-refractivity contribution in [1.82, 2.24) is 0 Å². The molecule has 0 aliphatic rings. The monoisotopic (exact) mass is 210 g/mol. The molecule has 1 aromatic carbocycles.